The van der Waals surface area contributed by atoms with E-state index < -0.39 is 11.6 Å². The number of rotatable bonds is 14. The minimum absolute atomic E-state index is 0.514. The molecule has 0 aromatic rings. The van der Waals surface area contributed by atoms with Gasteiger partial charge in [-0.05, 0) is 19.8 Å². The molecule has 120 valence electrons. The van der Waals surface area contributed by atoms with Crippen molar-refractivity contribution >= 4 is 5.97 Å². The van der Waals surface area contributed by atoms with Crippen molar-refractivity contribution in [2.75, 3.05) is 6.61 Å². The van der Waals surface area contributed by atoms with Crippen molar-refractivity contribution in [3.05, 3.63) is 0 Å². The van der Waals surface area contributed by atoms with Gasteiger partial charge in [-0.1, -0.05) is 71.6 Å². The Morgan fingerprint density at radius 2 is 1.35 bits per heavy atom. The van der Waals surface area contributed by atoms with Gasteiger partial charge in [-0.2, -0.15) is 0 Å². The van der Waals surface area contributed by atoms with Crippen LogP contribution in [-0.2, 0) is 9.53 Å². The first-order chi connectivity index (χ1) is 9.56. The molecule has 3 nitrogen and oxygen atoms in total. The third-order valence-corrected chi connectivity index (χ3v) is 4.05. The molecule has 0 rings (SSSR count). The van der Waals surface area contributed by atoms with Crippen LogP contribution >= 0.6 is 0 Å². The van der Waals surface area contributed by atoms with E-state index in [0.717, 1.165) is 12.8 Å². The summed E-state index contributed by atoms with van der Waals surface area (Å²) in [6, 6.07) is 0. The maximum atomic E-state index is 11.0. The highest BCUT2D eigenvalue weighted by Crippen LogP contribution is 2.17. The number of carboxylic acid groups (broad SMARTS) is 1. The Bertz CT molecular complexity index is 240. The summed E-state index contributed by atoms with van der Waals surface area (Å²) in [5.74, 6) is -0.855. The van der Waals surface area contributed by atoms with Crippen molar-refractivity contribution in [1.82, 2.24) is 0 Å². The first kappa shape index (κ1) is 19.4. The highest BCUT2D eigenvalue weighted by Gasteiger charge is 2.31. The molecule has 20 heavy (non-hydrogen) atoms. The summed E-state index contributed by atoms with van der Waals surface area (Å²) in [7, 11) is 0. The van der Waals surface area contributed by atoms with E-state index in [-0.39, 0.29) is 0 Å². The number of carboxylic acids is 1. The molecule has 0 saturated carbocycles. The standard InChI is InChI=1S/C17H34O3/c1-4-6-7-8-9-10-11-12-13-14-15-20-17(3,5-2)16(18)19/h4-15H2,1-3H3,(H,18,19). The molecule has 0 heterocycles. The molecule has 0 aromatic carbocycles. The molecule has 0 aromatic heterocycles. The molecule has 1 N–H and O–H groups in total. The zero-order valence-corrected chi connectivity index (χ0v) is 13.7. The number of aliphatic carboxylic acids is 1. The van der Waals surface area contributed by atoms with E-state index in [9.17, 15) is 4.79 Å². The van der Waals surface area contributed by atoms with Crippen LogP contribution in [0.2, 0.25) is 0 Å². The van der Waals surface area contributed by atoms with Gasteiger partial charge in [0.25, 0.3) is 0 Å². The van der Waals surface area contributed by atoms with Gasteiger partial charge in [0.05, 0.1) is 0 Å². The molecule has 0 aliphatic rings. The average Bonchev–Trinajstić information content (AvgIpc) is 2.44. The summed E-state index contributed by atoms with van der Waals surface area (Å²) < 4.78 is 5.51. The topological polar surface area (TPSA) is 46.5 Å². The van der Waals surface area contributed by atoms with Crippen LogP contribution in [0.1, 0.15) is 91.4 Å². The second-order valence-corrected chi connectivity index (χ2v) is 5.92. The van der Waals surface area contributed by atoms with Gasteiger partial charge in [-0.25, -0.2) is 4.79 Å². The summed E-state index contributed by atoms with van der Waals surface area (Å²) in [5.41, 5.74) is -1.00. The van der Waals surface area contributed by atoms with Crippen LogP contribution < -0.4 is 0 Å². The lowest BCUT2D eigenvalue weighted by Gasteiger charge is -2.23. The zero-order valence-electron chi connectivity index (χ0n) is 13.7. The molecule has 1 unspecified atom stereocenters. The van der Waals surface area contributed by atoms with Crippen LogP contribution in [0, 0.1) is 0 Å². The minimum atomic E-state index is -1.00. The first-order valence-electron chi connectivity index (χ1n) is 8.44. The van der Waals surface area contributed by atoms with Gasteiger partial charge in [0, 0.05) is 6.61 Å². The quantitative estimate of drug-likeness (QED) is 0.448. The van der Waals surface area contributed by atoms with Crippen LogP contribution in [0.4, 0.5) is 0 Å². The Morgan fingerprint density at radius 1 is 0.900 bits per heavy atom. The number of hydrogen-bond acceptors (Lipinski definition) is 2. The fourth-order valence-corrected chi connectivity index (χ4v) is 2.20. The largest absolute Gasteiger partial charge is 0.479 e. The third kappa shape index (κ3) is 9.35. The highest BCUT2D eigenvalue weighted by molar-refractivity contribution is 5.76. The average molecular weight is 286 g/mol. The molecule has 0 aliphatic carbocycles. The lowest BCUT2D eigenvalue weighted by atomic mass is 10.0. The van der Waals surface area contributed by atoms with Gasteiger partial charge in [-0.15, -0.1) is 0 Å². The van der Waals surface area contributed by atoms with E-state index in [1.54, 1.807) is 6.92 Å². The second kappa shape index (κ2) is 12.2. The van der Waals surface area contributed by atoms with Crippen molar-refractivity contribution in [1.29, 1.82) is 0 Å². The van der Waals surface area contributed by atoms with Gasteiger partial charge in [0.2, 0.25) is 0 Å². The molecule has 0 amide bonds. The molecule has 0 aliphatic heterocycles. The predicted octanol–water partition coefficient (Wildman–Crippen LogP) is 5.18. The van der Waals surface area contributed by atoms with Crippen molar-refractivity contribution in [2.45, 2.75) is 97.0 Å². The summed E-state index contributed by atoms with van der Waals surface area (Å²) in [4.78, 5) is 11.0. The fraction of sp³-hybridized carbons (Fsp3) is 0.941. The zero-order chi connectivity index (χ0) is 15.3. The monoisotopic (exact) mass is 286 g/mol. The van der Waals surface area contributed by atoms with Crippen LogP contribution in [0.25, 0.3) is 0 Å². The Kier molecular flexibility index (Phi) is 11.8. The molecule has 0 radical (unpaired) electrons. The molecule has 0 fully saturated rings. The van der Waals surface area contributed by atoms with E-state index in [4.69, 9.17) is 9.84 Å². The molecular formula is C17H34O3. The van der Waals surface area contributed by atoms with Crippen molar-refractivity contribution in [2.24, 2.45) is 0 Å². The maximum absolute atomic E-state index is 11.0. The van der Waals surface area contributed by atoms with Gasteiger partial charge >= 0.3 is 5.97 Å². The van der Waals surface area contributed by atoms with Gasteiger partial charge in [-0.3, -0.25) is 0 Å². The van der Waals surface area contributed by atoms with E-state index in [1.807, 2.05) is 6.92 Å². The Balaban J connectivity index is 3.34. The molecule has 0 saturated heterocycles. The van der Waals surface area contributed by atoms with Crippen LogP contribution in [0.15, 0.2) is 0 Å². The van der Waals surface area contributed by atoms with Crippen molar-refractivity contribution in [3.8, 4) is 0 Å². The lowest BCUT2D eigenvalue weighted by Crippen LogP contribution is -2.37. The Morgan fingerprint density at radius 3 is 1.75 bits per heavy atom. The third-order valence-electron chi connectivity index (χ3n) is 4.05. The number of ether oxygens (including phenoxy) is 1. The molecule has 3 heteroatoms. The van der Waals surface area contributed by atoms with Crippen molar-refractivity contribution in [3.63, 3.8) is 0 Å². The SMILES string of the molecule is CCCCCCCCCCCCOC(C)(CC)C(=O)O. The second-order valence-electron chi connectivity index (χ2n) is 5.92. The van der Waals surface area contributed by atoms with E-state index in [1.165, 1.54) is 51.4 Å². The van der Waals surface area contributed by atoms with Gasteiger partial charge < -0.3 is 9.84 Å². The predicted molar refractivity (Wildman–Crippen MR) is 84.1 cm³/mol. The van der Waals surface area contributed by atoms with E-state index in [2.05, 4.69) is 6.92 Å². The van der Waals surface area contributed by atoms with Crippen molar-refractivity contribution < 1.29 is 14.6 Å². The lowest BCUT2D eigenvalue weighted by molar-refractivity contribution is -0.164. The Labute approximate surface area is 125 Å². The molecule has 1 atom stereocenters. The molecule has 0 spiro atoms. The summed E-state index contributed by atoms with van der Waals surface area (Å²) in [6.07, 6.45) is 13.3. The number of carbonyl (C=O) groups is 1. The van der Waals surface area contributed by atoms with Crippen LogP contribution in [0.5, 0.6) is 0 Å². The highest BCUT2D eigenvalue weighted by atomic mass is 16.5. The normalized spacial score (nSPS) is 14.2. The minimum Gasteiger partial charge on any atom is -0.479 e. The Hall–Kier alpha value is -0.570. The fourth-order valence-electron chi connectivity index (χ4n) is 2.20. The van der Waals surface area contributed by atoms with E-state index in [0.29, 0.717) is 13.0 Å². The first-order valence-corrected chi connectivity index (χ1v) is 8.44. The maximum Gasteiger partial charge on any atom is 0.335 e. The smallest absolute Gasteiger partial charge is 0.335 e. The number of unbranched alkanes of at least 4 members (excludes halogenated alkanes) is 9. The summed E-state index contributed by atoms with van der Waals surface area (Å²) >= 11 is 0. The summed E-state index contributed by atoms with van der Waals surface area (Å²) in [6.45, 7) is 6.32. The van der Waals surface area contributed by atoms with Crippen LogP contribution in [-0.4, -0.2) is 23.3 Å². The van der Waals surface area contributed by atoms with Gasteiger partial charge in [0.15, 0.2) is 5.60 Å². The van der Waals surface area contributed by atoms with E-state index >= 15 is 0 Å². The van der Waals surface area contributed by atoms with Crippen LogP contribution in [0.3, 0.4) is 0 Å². The number of hydrogen-bond donors (Lipinski definition) is 1. The summed E-state index contributed by atoms with van der Waals surface area (Å²) in [5, 5.41) is 9.07. The molecular weight excluding hydrogens is 252 g/mol. The van der Waals surface area contributed by atoms with Gasteiger partial charge in [0.1, 0.15) is 0 Å². The molecule has 0 bridgehead atoms.